The van der Waals surface area contributed by atoms with Crippen molar-refractivity contribution >= 4 is 28.4 Å². The quantitative estimate of drug-likeness (QED) is 0.519. The third-order valence-corrected chi connectivity index (χ3v) is 7.33. The standard InChI is InChI=1S/C26H29N5O4/c1-5-26(35)18-11-7-9-13-20(18)31-22(34)15(2)30(24(26)31)14-25(4,29-16(3)32)23-27-19-12-8-6-10-17(19)21(33)28-23/h6-13,15,24,35H,5,14H2,1-4H3,(H,29,32)(H,27,28,33)/t15-,24?,25-,26-/m0/s1. The highest BCUT2D eigenvalue weighted by atomic mass is 16.3. The SMILES string of the molecule is CC[C@]1(O)c2ccccc2N2C(=O)[C@H](C)N(C[C@](C)(NC(C)=O)c3nc4ccccc4c(=O)[nH]3)C21. The lowest BCUT2D eigenvalue weighted by Gasteiger charge is -2.41. The molecular formula is C26H29N5O4. The van der Waals surface area contributed by atoms with Gasteiger partial charge in [-0.1, -0.05) is 37.3 Å². The number of carbonyl (C=O) groups is 2. The minimum atomic E-state index is -1.29. The number of benzene rings is 2. The van der Waals surface area contributed by atoms with Crippen molar-refractivity contribution in [3.63, 3.8) is 0 Å². The number of nitrogens with zero attached hydrogens (tertiary/aromatic N) is 3. The molecule has 5 rings (SSSR count). The molecule has 0 aliphatic carbocycles. The van der Waals surface area contributed by atoms with Crippen LogP contribution in [0.2, 0.25) is 0 Å². The Hall–Kier alpha value is -3.56. The number of carbonyl (C=O) groups excluding carboxylic acids is 2. The molecule has 9 nitrogen and oxygen atoms in total. The van der Waals surface area contributed by atoms with Gasteiger partial charge in [-0.25, -0.2) is 4.98 Å². The molecule has 182 valence electrons. The Labute approximate surface area is 202 Å². The second-order valence-electron chi connectivity index (χ2n) is 9.67. The smallest absolute Gasteiger partial charge is 0.258 e. The number of nitrogens with one attached hydrogen (secondary N) is 2. The number of para-hydroxylation sites is 2. The Morgan fingerprint density at radius 2 is 1.89 bits per heavy atom. The molecule has 2 amide bonds. The summed E-state index contributed by atoms with van der Waals surface area (Å²) in [5, 5.41) is 15.3. The number of fused-ring (bicyclic) bond motifs is 4. The normalized spacial score (nSPS) is 25.4. The molecule has 1 saturated heterocycles. The first-order valence-corrected chi connectivity index (χ1v) is 11.8. The van der Waals surface area contributed by atoms with Crippen LogP contribution in [0.15, 0.2) is 53.3 Å². The molecular weight excluding hydrogens is 446 g/mol. The van der Waals surface area contributed by atoms with Gasteiger partial charge in [-0.2, -0.15) is 0 Å². The molecule has 0 saturated carbocycles. The van der Waals surface area contributed by atoms with E-state index in [-0.39, 0.29) is 29.7 Å². The Balaban J connectivity index is 1.63. The summed E-state index contributed by atoms with van der Waals surface area (Å²) in [4.78, 5) is 49.7. The number of aromatic amines is 1. The van der Waals surface area contributed by atoms with Crippen LogP contribution in [0.5, 0.6) is 0 Å². The molecule has 0 radical (unpaired) electrons. The van der Waals surface area contributed by atoms with Gasteiger partial charge in [-0.15, -0.1) is 0 Å². The molecule has 1 fully saturated rings. The highest BCUT2D eigenvalue weighted by molar-refractivity contribution is 6.02. The van der Waals surface area contributed by atoms with Crippen LogP contribution in [0.25, 0.3) is 10.9 Å². The lowest BCUT2D eigenvalue weighted by molar-refractivity contribution is -0.121. The number of anilines is 1. The maximum atomic E-state index is 13.4. The third-order valence-electron chi connectivity index (χ3n) is 7.33. The van der Waals surface area contributed by atoms with Gasteiger partial charge in [0.1, 0.15) is 23.1 Å². The first-order chi connectivity index (χ1) is 16.6. The van der Waals surface area contributed by atoms with E-state index in [1.54, 1.807) is 43.0 Å². The maximum Gasteiger partial charge on any atom is 0.258 e. The second-order valence-corrected chi connectivity index (χ2v) is 9.67. The van der Waals surface area contributed by atoms with Gasteiger partial charge >= 0.3 is 0 Å². The number of rotatable bonds is 5. The zero-order valence-corrected chi connectivity index (χ0v) is 20.2. The molecule has 3 N–H and O–H groups in total. The van der Waals surface area contributed by atoms with Crippen molar-refractivity contribution in [3.05, 3.63) is 70.3 Å². The van der Waals surface area contributed by atoms with Gasteiger partial charge in [-0.05, 0) is 38.5 Å². The highest BCUT2D eigenvalue weighted by Gasteiger charge is 2.61. The summed E-state index contributed by atoms with van der Waals surface area (Å²) in [5.41, 5.74) is -0.849. The van der Waals surface area contributed by atoms with Crippen molar-refractivity contribution in [2.75, 3.05) is 11.4 Å². The molecule has 0 bridgehead atoms. The highest BCUT2D eigenvalue weighted by Crippen LogP contribution is 2.51. The molecule has 0 spiro atoms. The molecule has 2 aliphatic heterocycles. The summed E-state index contributed by atoms with van der Waals surface area (Å²) in [5.74, 6) is -0.152. The van der Waals surface area contributed by atoms with E-state index in [9.17, 15) is 19.5 Å². The van der Waals surface area contributed by atoms with Crippen LogP contribution >= 0.6 is 0 Å². The van der Waals surface area contributed by atoms with Gasteiger partial charge in [0.25, 0.3) is 5.56 Å². The van der Waals surface area contributed by atoms with E-state index < -0.39 is 23.3 Å². The molecule has 1 aromatic heterocycles. The molecule has 3 heterocycles. The van der Waals surface area contributed by atoms with Crippen molar-refractivity contribution in [2.45, 2.75) is 57.5 Å². The first kappa shape index (κ1) is 23.2. The van der Waals surface area contributed by atoms with Gasteiger partial charge in [0, 0.05) is 19.0 Å². The molecule has 9 heteroatoms. The molecule has 1 unspecified atom stereocenters. The molecule has 2 aliphatic rings. The summed E-state index contributed by atoms with van der Waals surface area (Å²) in [7, 11) is 0. The van der Waals surface area contributed by atoms with Crippen molar-refractivity contribution in [3.8, 4) is 0 Å². The number of hydrogen-bond donors (Lipinski definition) is 3. The predicted octanol–water partition coefficient (Wildman–Crippen LogP) is 1.95. The van der Waals surface area contributed by atoms with Crippen molar-refractivity contribution in [1.82, 2.24) is 20.2 Å². The van der Waals surface area contributed by atoms with Crippen LogP contribution in [-0.2, 0) is 20.7 Å². The van der Waals surface area contributed by atoms with E-state index in [2.05, 4.69) is 15.3 Å². The number of aliphatic hydroxyl groups is 1. The molecule has 2 aromatic carbocycles. The minimum Gasteiger partial charge on any atom is -0.381 e. The average molecular weight is 476 g/mol. The van der Waals surface area contributed by atoms with Crippen molar-refractivity contribution in [2.24, 2.45) is 0 Å². The fourth-order valence-corrected chi connectivity index (χ4v) is 5.62. The summed E-state index contributed by atoms with van der Waals surface area (Å²) in [6.45, 7) is 6.99. The van der Waals surface area contributed by atoms with Gasteiger partial charge in [0.05, 0.1) is 22.6 Å². The van der Waals surface area contributed by atoms with E-state index in [1.807, 2.05) is 36.1 Å². The van der Waals surface area contributed by atoms with Crippen LogP contribution in [-0.4, -0.2) is 50.5 Å². The van der Waals surface area contributed by atoms with E-state index in [1.165, 1.54) is 6.92 Å². The largest absolute Gasteiger partial charge is 0.381 e. The summed E-state index contributed by atoms with van der Waals surface area (Å²) in [6, 6.07) is 13.8. The molecule has 4 atom stereocenters. The van der Waals surface area contributed by atoms with Crippen molar-refractivity contribution in [1.29, 1.82) is 0 Å². The fourth-order valence-electron chi connectivity index (χ4n) is 5.62. The Bertz CT molecular complexity index is 1400. The molecule has 35 heavy (non-hydrogen) atoms. The Morgan fingerprint density at radius 1 is 1.20 bits per heavy atom. The van der Waals surface area contributed by atoms with Crippen LogP contribution in [0.1, 0.15) is 45.5 Å². The van der Waals surface area contributed by atoms with Crippen molar-refractivity contribution < 1.29 is 14.7 Å². The number of hydrogen-bond acceptors (Lipinski definition) is 6. The first-order valence-electron chi connectivity index (χ1n) is 11.8. The minimum absolute atomic E-state index is 0.128. The lowest BCUT2D eigenvalue weighted by Crippen LogP contribution is -2.58. The number of aromatic nitrogens is 2. The van der Waals surface area contributed by atoms with E-state index in [0.29, 0.717) is 28.6 Å². The van der Waals surface area contributed by atoms with Crippen LogP contribution in [0.4, 0.5) is 5.69 Å². The van der Waals surface area contributed by atoms with Gasteiger partial charge in [-0.3, -0.25) is 24.2 Å². The van der Waals surface area contributed by atoms with E-state index in [0.717, 1.165) is 0 Å². The second kappa shape index (κ2) is 8.00. The monoisotopic (exact) mass is 475 g/mol. The van der Waals surface area contributed by atoms with Crippen LogP contribution in [0, 0.1) is 0 Å². The fraction of sp³-hybridized carbons (Fsp3) is 0.385. The lowest BCUT2D eigenvalue weighted by atomic mass is 9.89. The van der Waals surface area contributed by atoms with Gasteiger partial charge in [0.15, 0.2) is 0 Å². The molecule has 3 aromatic rings. The van der Waals surface area contributed by atoms with E-state index >= 15 is 0 Å². The van der Waals surface area contributed by atoms with E-state index in [4.69, 9.17) is 0 Å². The zero-order chi connectivity index (χ0) is 25.1. The van der Waals surface area contributed by atoms with Crippen LogP contribution < -0.4 is 15.8 Å². The zero-order valence-electron chi connectivity index (χ0n) is 20.2. The van der Waals surface area contributed by atoms with Gasteiger partial charge in [0.2, 0.25) is 11.8 Å². The topological polar surface area (TPSA) is 119 Å². The average Bonchev–Trinajstić information content (AvgIpc) is 3.24. The number of amides is 2. The Morgan fingerprint density at radius 3 is 2.60 bits per heavy atom. The Kier molecular flexibility index (Phi) is 5.30. The summed E-state index contributed by atoms with van der Waals surface area (Å²) < 4.78 is 0. The van der Waals surface area contributed by atoms with Crippen LogP contribution in [0.3, 0.4) is 0 Å². The third kappa shape index (κ3) is 3.37. The maximum absolute atomic E-state index is 13.4. The number of H-pyrrole nitrogens is 1. The predicted molar refractivity (Wildman–Crippen MR) is 132 cm³/mol. The summed E-state index contributed by atoms with van der Waals surface area (Å²) >= 11 is 0. The van der Waals surface area contributed by atoms with Gasteiger partial charge < -0.3 is 15.4 Å². The summed E-state index contributed by atoms with van der Waals surface area (Å²) in [6.07, 6.45) is -0.267.